The van der Waals surface area contributed by atoms with E-state index in [0.29, 0.717) is 5.69 Å². The molecule has 0 aliphatic heterocycles. The number of aliphatic imine (C=N–C) groups is 1. The molecule has 3 aromatic heterocycles. The molecule has 0 spiro atoms. The molecule has 0 aromatic carbocycles. The van der Waals surface area contributed by atoms with Gasteiger partial charge in [0.05, 0.1) is 30.2 Å². The number of carbonyl (C=O) groups is 1. The Kier molecular flexibility index (Phi) is 5.10. The summed E-state index contributed by atoms with van der Waals surface area (Å²) in [5, 5.41) is 21.1. The number of aromatic nitrogens is 4. The lowest BCUT2D eigenvalue weighted by atomic mass is 10.3. The van der Waals surface area contributed by atoms with Crippen LogP contribution >= 0.6 is 0 Å². The average Bonchev–Trinajstić information content (AvgIpc) is 3.16. The average molecular weight is 335 g/mol. The number of amides is 1. The minimum Gasteiger partial charge on any atom is -0.857 e. The summed E-state index contributed by atoms with van der Waals surface area (Å²) in [5.74, 6) is -0.882. The molecular formula is C17H15N6O2-. The van der Waals surface area contributed by atoms with Crippen LogP contribution in [0, 0.1) is 0 Å². The van der Waals surface area contributed by atoms with Crippen molar-refractivity contribution in [2.75, 3.05) is 0 Å². The number of nitrogens with one attached hydrogen (secondary N) is 2. The summed E-state index contributed by atoms with van der Waals surface area (Å²) in [7, 11) is 0. The van der Waals surface area contributed by atoms with Crippen molar-refractivity contribution < 1.29 is 9.90 Å². The fourth-order valence-corrected chi connectivity index (χ4v) is 2.04. The highest BCUT2D eigenvalue weighted by Crippen LogP contribution is 2.02. The first kappa shape index (κ1) is 16.3. The van der Waals surface area contributed by atoms with Crippen LogP contribution in [0.4, 0.5) is 0 Å². The van der Waals surface area contributed by atoms with Gasteiger partial charge in [-0.1, -0.05) is 12.1 Å². The SMILES string of the molecule is O=C(NCc1ccccn1)c1cc(C([O-])=NCc2ccccn2)[nH]n1. The van der Waals surface area contributed by atoms with E-state index in [-0.39, 0.29) is 24.5 Å². The molecule has 3 heterocycles. The Labute approximate surface area is 143 Å². The van der Waals surface area contributed by atoms with Gasteiger partial charge in [-0.25, -0.2) is 0 Å². The van der Waals surface area contributed by atoms with Gasteiger partial charge >= 0.3 is 0 Å². The fraction of sp³-hybridized carbons (Fsp3) is 0.118. The van der Waals surface area contributed by atoms with Gasteiger partial charge in [0, 0.05) is 18.3 Å². The van der Waals surface area contributed by atoms with E-state index in [0.717, 1.165) is 5.69 Å². The van der Waals surface area contributed by atoms with E-state index < -0.39 is 11.8 Å². The summed E-state index contributed by atoms with van der Waals surface area (Å²) < 4.78 is 0. The second kappa shape index (κ2) is 7.82. The van der Waals surface area contributed by atoms with E-state index in [1.807, 2.05) is 12.1 Å². The van der Waals surface area contributed by atoms with Gasteiger partial charge < -0.3 is 10.4 Å². The second-order valence-electron chi connectivity index (χ2n) is 5.11. The zero-order chi connectivity index (χ0) is 17.5. The van der Waals surface area contributed by atoms with Crippen LogP contribution in [-0.4, -0.2) is 32.0 Å². The van der Waals surface area contributed by atoms with Crippen molar-refractivity contribution in [1.29, 1.82) is 0 Å². The maximum atomic E-state index is 12.1. The molecule has 2 N–H and O–H groups in total. The third-order valence-corrected chi connectivity index (χ3v) is 3.31. The van der Waals surface area contributed by atoms with Crippen molar-refractivity contribution >= 4 is 11.8 Å². The molecule has 0 aliphatic rings. The molecular weight excluding hydrogens is 320 g/mol. The second-order valence-corrected chi connectivity index (χ2v) is 5.11. The topological polar surface area (TPSA) is 119 Å². The Morgan fingerprint density at radius 3 is 2.52 bits per heavy atom. The summed E-state index contributed by atoms with van der Waals surface area (Å²) in [6.45, 7) is 0.444. The largest absolute Gasteiger partial charge is 0.857 e. The van der Waals surface area contributed by atoms with Gasteiger partial charge in [-0.15, -0.1) is 0 Å². The number of pyridine rings is 2. The predicted octanol–water partition coefficient (Wildman–Crippen LogP) is 0.437. The van der Waals surface area contributed by atoms with Crippen LogP contribution in [0.3, 0.4) is 0 Å². The van der Waals surface area contributed by atoms with Crippen LogP contribution in [-0.2, 0) is 13.1 Å². The van der Waals surface area contributed by atoms with Gasteiger partial charge in [-0.3, -0.25) is 24.9 Å². The monoisotopic (exact) mass is 335 g/mol. The molecule has 0 bridgehead atoms. The number of hydrogen-bond donors (Lipinski definition) is 2. The number of hydrogen-bond acceptors (Lipinski definition) is 6. The van der Waals surface area contributed by atoms with Crippen LogP contribution in [0.1, 0.15) is 27.6 Å². The fourth-order valence-electron chi connectivity index (χ4n) is 2.04. The van der Waals surface area contributed by atoms with Crippen molar-refractivity contribution in [2.45, 2.75) is 13.1 Å². The molecule has 126 valence electrons. The Hall–Kier alpha value is -3.55. The summed E-state index contributed by atoms with van der Waals surface area (Å²) in [5.41, 5.74) is 1.68. The minimum atomic E-state index is -0.484. The molecule has 8 heteroatoms. The lowest BCUT2D eigenvalue weighted by molar-refractivity contribution is -0.213. The molecule has 0 saturated heterocycles. The molecule has 1 amide bonds. The molecule has 0 radical (unpaired) electrons. The summed E-state index contributed by atoms with van der Waals surface area (Å²) in [4.78, 5) is 24.2. The first-order chi connectivity index (χ1) is 12.2. The van der Waals surface area contributed by atoms with Crippen molar-refractivity contribution in [2.24, 2.45) is 4.99 Å². The molecule has 0 unspecified atom stereocenters. The normalized spacial score (nSPS) is 11.3. The Bertz CT molecular complexity index is 861. The summed E-state index contributed by atoms with van der Waals surface area (Å²) in [6.07, 6.45) is 3.28. The first-order valence-electron chi connectivity index (χ1n) is 7.57. The summed E-state index contributed by atoms with van der Waals surface area (Å²) in [6, 6.07) is 12.2. The molecule has 3 rings (SSSR count). The molecule has 3 aromatic rings. The van der Waals surface area contributed by atoms with E-state index in [9.17, 15) is 9.90 Å². The Balaban J connectivity index is 1.60. The quantitative estimate of drug-likeness (QED) is 0.500. The number of aromatic amines is 1. The van der Waals surface area contributed by atoms with E-state index in [1.165, 1.54) is 6.07 Å². The van der Waals surface area contributed by atoms with E-state index in [1.54, 1.807) is 36.7 Å². The third kappa shape index (κ3) is 4.47. The first-order valence-corrected chi connectivity index (χ1v) is 7.57. The highest BCUT2D eigenvalue weighted by atomic mass is 16.3. The maximum Gasteiger partial charge on any atom is 0.272 e. The number of carbonyl (C=O) groups excluding carboxylic acids is 1. The van der Waals surface area contributed by atoms with Gasteiger partial charge in [-0.05, 0) is 30.3 Å². The zero-order valence-electron chi connectivity index (χ0n) is 13.2. The van der Waals surface area contributed by atoms with E-state index in [4.69, 9.17) is 0 Å². The van der Waals surface area contributed by atoms with Gasteiger partial charge in [0.25, 0.3) is 5.91 Å². The minimum absolute atomic E-state index is 0.118. The van der Waals surface area contributed by atoms with Crippen molar-refractivity contribution in [3.8, 4) is 0 Å². The van der Waals surface area contributed by atoms with Crippen LogP contribution in [0.25, 0.3) is 0 Å². The zero-order valence-corrected chi connectivity index (χ0v) is 13.2. The Morgan fingerprint density at radius 1 is 1.12 bits per heavy atom. The standard InChI is InChI=1S/C17H16N6O2/c24-16(20-10-12-5-1-3-7-18-12)14-9-15(23-22-14)17(25)21-11-13-6-2-4-8-19-13/h1-9H,10-11H2,(H,20,24)(H,21,25)(H,22,23)/p-1. The Morgan fingerprint density at radius 2 is 1.84 bits per heavy atom. The van der Waals surface area contributed by atoms with E-state index in [2.05, 4.69) is 30.5 Å². The van der Waals surface area contributed by atoms with Gasteiger partial charge in [0.1, 0.15) is 0 Å². The lowest BCUT2D eigenvalue weighted by Crippen LogP contribution is -2.23. The van der Waals surface area contributed by atoms with Gasteiger partial charge in [-0.2, -0.15) is 5.10 Å². The molecule has 0 atom stereocenters. The van der Waals surface area contributed by atoms with E-state index >= 15 is 0 Å². The molecule has 25 heavy (non-hydrogen) atoms. The molecule has 8 nitrogen and oxygen atoms in total. The third-order valence-electron chi connectivity index (χ3n) is 3.31. The maximum absolute atomic E-state index is 12.1. The molecule has 0 aliphatic carbocycles. The van der Waals surface area contributed by atoms with Crippen LogP contribution in [0.5, 0.6) is 0 Å². The van der Waals surface area contributed by atoms with Crippen LogP contribution in [0.15, 0.2) is 59.9 Å². The van der Waals surface area contributed by atoms with Gasteiger partial charge in [0.15, 0.2) is 5.69 Å². The van der Waals surface area contributed by atoms with Crippen molar-refractivity contribution in [3.05, 3.63) is 77.6 Å². The van der Waals surface area contributed by atoms with Crippen LogP contribution in [0.2, 0.25) is 0 Å². The number of H-pyrrole nitrogens is 1. The van der Waals surface area contributed by atoms with Crippen molar-refractivity contribution in [3.63, 3.8) is 0 Å². The number of nitrogens with zero attached hydrogens (tertiary/aromatic N) is 4. The lowest BCUT2D eigenvalue weighted by Gasteiger charge is -2.07. The van der Waals surface area contributed by atoms with Gasteiger partial charge in [0.2, 0.25) is 0 Å². The van der Waals surface area contributed by atoms with Crippen LogP contribution < -0.4 is 10.4 Å². The van der Waals surface area contributed by atoms with Crippen molar-refractivity contribution in [1.82, 2.24) is 25.5 Å². The predicted molar refractivity (Wildman–Crippen MR) is 88.5 cm³/mol. The number of rotatable bonds is 6. The summed E-state index contributed by atoms with van der Waals surface area (Å²) >= 11 is 0. The highest BCUT2D eigenvalue weighted by molar-refractivity contribution is 5.96. The smallest absolute Gasteiger partial charge is 0.272 e. The highest BCUT2D eigenvalue weighted by Gasteiger charge is 2.10. The molecule has 0 fully saturated rings. The molecule has 0 saturated carbocycles.